The van der Waals surface area contributed by atoms with Crippen LogP contribution in [0.4, 0.5) is 0 Å². The third kappa shape index (κ3) is 3.04. The highest BCUT2D eigenvalue weighted by molar-refractivity contribution is 5.86. The second-order valence-electron chi connectivity index (χ2n) is 3.52. The molecule has 0 saturated carbocycles. The van der Waals surface area contributed by atoms with E-state index in [1.165, 1.54) is 18.6 Å². The Morgan fingerprint density at radius 3 is 2.94 bits per heavy atom. The Bertz CT molecular complexity index is 529. The predicted molar refractivity (Wildman–Crippen MR) is 64.1 cm³/mol. The van der Waals surface area contributed by atoms with Crippen LogP contribution in [0.15, 0.2) is 42.9 Å². The van der Waals surface area contributed by atoms with Gasteiger partial charge in [-0.15, -0.1) is 0 Å². The van der Waals surface area contributed by atoms with Crippen molar-refractivity contribution in [3.05, 3.63) is 54.1 Å². The molecule has 0 aliphatic heterocycles. The van der Waals surface area contributed by atoms with Crippen molar-refractivity contribution in [2.45, 2.75) is 6.61 Å². The van der Waals surface area contributed by atoms with Crippen LogP contribution < -0.4 is 4.74 Å². The average molecular weight is 244 g/mol. The van der Waals surface area contributed by atoms with Gasteiger partial charge in [-0.2, -0.15) is 0 Å². The van der Waals surface area contributed by atoms with E-state index in [1.807, 2.05) is 24.3 Å². The number of methoxy groups -OCH3 is 1. The van der Waals surface area contributed by atoms with Crippen LogP contribution in [0, 0.1) is 0 Å². The molecule has 1 aromatic carbocycles. The first-order chi connectivity index (χ1) is 8.79. The number of hydrogen-bond donors (Lipinski definition) is 0. The molecule has 0 bridgehead atoms. The summed E-state index contributed by atoms with van der Waals surface area (Å²) < 4.78 is 10.2. The Balaban J connectivity index is 1.97. The van der Waals surface area contributed by atoms with E-state index in [1.54, 1.807) is 7.11 Å². The highest BCUT2D eigenvalue weighted by Crippen LogP contribution is 2.13. The molecule has 1 aromatic heterocycles. The van der Waals surface area contributed by atoms with Gasteiger partial charge in [0.15, 0.2) is 5.69 Å². The number of ether oxygens (including phenoxy) is 2. The zero-order chi connectivity index (χ0) is 12.8. The van der Waals surface area contributed by atoms with Crippen molar-refractivity contribution in [2.75, 3.05) is 7.11 Å². The minimum atomic E-state index is -0.495. The number of nitrogens with zero attached hydrogens (tertiary/aromatic N) is 2. The fourth-order valence-corrected chi connectivity index (χ4v) is 1.39. The summed E-state index contributed by atoms with van der Waals surface area (Å²) in [6, 6.07) is 7.33. The van der Waals surface area contributed by atoms with E-state index in [4.69, 9.17) is 9.47 Å². The number of carbonyl (C=O) groups is 1. The predicted octanol–water partition coefficient (Wildman–Crippen LogP) is 1.84. The quantitative estimate of drug-likeness (QED) is 0.768. The lowest BCUT2D eigenvalue weighted by atomic mass is 10.2. The fraction of sp³-hybridized carbons (Fsp3) is 0.154. The van der Waals surface area contributed by atoms with Gasteiger partial charge in [-0.25, -0.2) is 9.78 Å². The Morgan fingerprint density at radius 1 is 1.33 bits per heavy atom. The number of esters is 1. The molecule has 18 heavy (non-hydrogen) atoms. The summed E-state index contributed by atoms with van der Waals surface area (Å²) >= 11 is 0. The first kappa shape index (κ1) is 12.0. The van der Waals surface area contributed by atoms with Crippen molar-refractivity contribution in [3.8, 4) is 5.75 Å². The van der Waals surface area contributed by atoms with Crippen molar-refractivity contribution < 1.29 is 14.3 Å². The van der Waals surface area contributed by atoms with Crippen molar-refractivity contribution in [2.24, 2.45) is 0 Å². The molecule has 2 rings (SSSR count). The molecular weight excluding hydrogens is 232 g/mol. The molecule has 0 aliphatic carbocycles. The Labute approximate surface area is 104 Å². The van der Waals surface area contributed by atoms with Gasteiger partial charge in [-0.05, 0) is 17.7 Å². The lowest BCUT2D eigenvalue weighted by molar-refractivity contribution is 0.0465. The van der Waals surface area contributed by atoms with Crippen LogP contribution >= 0.6 is 0 Å². The van der Waals surface area contributed by atoms with Gasteiger partial charge >= 0.3 is 5.97 Å². The minimum absolute atomic E-state index is 0.173. The van der Waals surface area contributed by atoms with Crippen LogP contribution in [0.3, 0.4) is 0 Å². The molecule has 0 unspecified atom stereocenters. The van der Waals surface area contributed by atoms with E-state index in [0.717, 1.165) is 11.3 Å². The Hall–Kier alpha value is -2.43. The molecule has 1 heterocycles. The third-order valence-electron chi connectivity index (χ3n) is 2.28. The fourth-order valence-electron chi connectivity index (χ4n) is 1.39. The van der Waals surface area contributed by atoms with Gasteiger partial charge in [0.2, 0.25) is 0 Å². The van der Waals surface area contributed by atoms with E-state index in [-0.39, 0.29) is 12.3 Å². The monoisotopic (exact) mass is 244 g/mol. The van der Waals surface area contributed by atoms with E-state index >= 15 is 0 Å². The molecule has 92 valence electrons. The van der Waals surface area contributed by atoms with Crippen molar-refractivity contribution in [1.29, 1.82) is 0 Å². The zero-order valence-corrected chi connectivity index (χ0v) is 9.87. The summed E-state index contributed by atoms with van der Waals surface area (Å²) in [6.45, 7) is 0.173. The van der Waals surface area contributed by atoms with Crippen LogP contribution in [-0.4, -0.2) is 23.0 Å². The van der Waals surface area contributed by atoms with Gasteiger partial charge in [0.25, 0.3) is 0 Å². The van der Waals surface area contributed by atoms with Gasteiger partial charge in [0.1, 0.15) is 12.4 Å². The second kappa shape index (κ2) is 5.77. The molecule has 0 fully saturated rings. The maximum Gasteiger partial charge on any atom is 0.358 e. The summed E-state index contributed by atoms with van der Waals surface area (Å²) in [5.41, 5.74) is 1.05. The molecule has 2 aromatic rings. The van der Waals surface area contributed by atoms with Gasteiger partial charge in [-0.3, -0.25) is 4.98 Å². The molecule has 0 saturated heterocycles. The van der Waals surface area contributed by atoms with Crippen molar-refractivity contribution in [1.82, 2.24) is 9.97 Å². The zero-order valence-electron chi connectivity index (χ0n) is 9.87. The summed E-state index contributed by atoms with van der Waals surface area (Å²) in [5.74, 6) is 0.231. The maximum absolute atomic E-state index is 11.6. The first-order valence-corrected chi connectivity index (χ1v) is 5.35. The van der Waals surface area contributed by atoms with Crippen LogP contribution in [-0.2, 0) is 11.3 Å². The first-order valence-electron chi connectivity index (χ1n) is 5.35. The largest absolute Gasteiger partial charge is 0.497 e. The van der Waals surface area contributed by atoms with Gasteiger partial charge in [-0.1, -0.05) is 12.1 Å². The number of hydrogen-bond acceptors (Lipinski definition) is 5. The van der Waals surface area contributed by atoms with E-state index < -0.39 is 5.97 Å². The van der Waals surface area contributed by atoms with Crippen molar-refractivity contribution in [3.63, 3.8) is 0 Å². The third-order valence-corrected chi connectivity index (χ3v) is 2.28. The van der Waals surface area contributed by atoms with Gasteiger partial charge in [0, 0.05) is 12.4 Å². The molecule has 0 spiro atoms. The highest BCUT2D eigenvalue weighted by Gasteiger charge is 2.08. The smallest absolute Gasteiger partial charge is 0.358 e. The van der Waals surface area contributed by atoms with E-state index in [0.29, 0.717) is 0 Å². The van der Waals surface area contributed by atoms with E-state index in [9.17, 15) is 4.79 Å². The van der Waals surface area contributed by atoms with Crippen LogP contribution in [0.1, 0.15) is 16.1 Å². The number of rotatable bonds is 4. The lowest BCUT2D eigenvalue weighted by Gasteiger charge is -2.05. The van der Waals surface area contributed by atoms with Crippen molar-refractivity contribution >= 4 is 5.97 Å². The summed E-state index contributed by atoms with van der Waals surface area (Å²) in [5, 5.41) is 0. The summed E-state index contributed by atoms with van der Waals surface area (Å²) in [7, 11) is 1.59. The second-order valence-corrected chi connectivity index (χ2v) is 3.52. The SMILES string of the molecule is COc1cccc(COC(=O)c2cnccn2)c1. The number of aromatic nitrogens is 2. The highest BCUT2D eigenvalue weighted by atomic mass is 16.5. The molecule has 0 amide bonds. The summed E-state index contributed by atoms with van der Waals surface area (Å²) in [4.78, 5) is 19.3. The molecule has 5 nitrogen and oxygen atoms in total. The molecule has 0 aliphatic rings. The minimum Gasteiger partial charge on any atom is -0.497 e. The average Bonchev–Trinajstić information content (AvgIpc) is 2.46. The van der Waals surface area contributed by atoms with Crippen LogP contribution in [0.5, 0.6) is 5.75 Å². The molecule has 0 atom stereocenters. The summed E-state index contributed by atoms with van der Waals surface area (Å²) in [6.07, 6.45) is 4.31. The van der Waals surface area contributed by atoms with E-state index in [2.05, 4.69) is 9.97 Å². The molecular formula is C13H12N2O3. The van der Waals surface area contributed by atoms with Gasteiger partial charge in [0.05, 0.1) is 13.3 Å². The molecule has 0 N–H and O–H groups in total. The normalized spacial score (nSPS) is 9.83. The Kier molecular flexibility index (Phi) is 3.86. The lowest BCUT2D eigenvalue weighted by Crippen LogP contribution is -2.07. The number of carbonyl (C=O) groups excluding carboxylic acids is 1. The van der Waals surface area contributed by atoms with Crippen LogP contribution in [0.25, 0.3) is 0 Å². The maximum atomic E-state index is 11.6. The standard InChI is InChI=1S/C13H12N2O3/c1-17-11-4-2-3-10(7-11)9-18-13(16)12-8-14-5-6-15-12/h2-8H,9H2,1H3. The molecule has 5 heteroatoms. The molecule has 0 radical (unpaired) electrons. The topological polar surface area (TPSA) is 61.3 Å². The van der Waals surface area contributed by atoms with Gasteiger partial charge < -0.3 is 9.47 Å². The Morgan fingerprint density at radius 2 is 2.22 bits per heavy atom. The van der Waals surface area contributed by atoms with Crippen LogP contribution in [0.2, 0.25) is 0 Å². The number of benzene rings is 1.